The molecule has 0 aromatic carbocycles. The summed E-state index contributed by atoms with van der Waals surface area (Å²) in [5.41, 5.74) is 0. The number of carboxylic acids is 1. The molecule has 0 saturated heterocycles. The summed E-state index contributed by atoms with van der Waals surface area (Å²) in [4.78, 5) is 21.3. The van der Waals surface area contributed by atoms with Gasteiger partial charge in [0.2, 0.25) is 0 Å². The Morgan fingerprint density at radius 1 is 1.54 bits per heavy atom. The number of ketones is 1. The first-order valence-corrected chi connectivity index (χ1v) is 4.49. The molecule has 1 unspecified atom stereocenters. The van der Waals surface area contributed by atoms with E-state index in [2.05, 4.69) is 0 Å². The summed E-state index contributed by atoms with van der Waals surface area (Å²) in [5.74, 6) is -0.695. The van der Waals surface area contributed by atoms with Crippen molar-refractivity contribution in [2.75, 3.05) is 0 Å². The lowest BCUT2D eigenvalue weighted by Crippen LogP contribution is -2.29. The Kier molecular flexibility index (Phi) is 3.42. The van der Waals surface area contributed by atoms with Gasteiger partial charge in [-0.05, 0) is 19.8 Å². The molecule has 13 heavy (non-hydrogen) atoms. The molecule has 4 heteroatoms. The van der Waals surface area contributed by atoms with Crippen LogP contribution >= 0.6 is 0 Å². The molecule has 4 nitrogen and oxygen atoms in total. The fourth-order valence-corrected chi connectivity index (χ4v) is 1.40. The lowest BCUT2D eigenvalue weighted by atomic mass is 9.96. The second-order valence-corrected chi connectivity index (χ2v) is 3.35. The van der Waals surface area contributed by atoms with Crippen LogP contribution in [0.2, 0.25) is 0 Å². The van der Waals surface area contributed by atoms with Crippen LogP contribution in [0.15, 0.2) is 0 Å². The summed E-state index contributed by atoms with van der Waals surface area (Å²) in [6.07, 6.45) is 1.56. The summed E-state index contributed by atoms with van der Waals surface area (Å²) in [6, 6.07) is 0. The monoisotopic (exact) mass is 186 g/mol. The maximum absolute atomic E-state index is 10.9. The number of hydrogen-bond donors (Lipinski definition) is 1. The molecule has 1 saturated carbocycles. The van der Waals surface area contributed by atoms with E-state index in [1.54, 1.807) is 0 Å². The topological polar surface area (TPSA) is 63.6 Å². The third-order valence-corrected chi connectivity index (χ3v) is 2.23. The van der Waals surface area contributed by atoms with Gasteiger partial charge in [-0.15, -0.1) is 0 Å². The highest BCUT2D eigenvalue weighted by Gasteiger charge is 2.23. The predicted molar refractivity (Wildman–Crippen MR) is 45.4 cm³/mol. The van der Waals surface area contributed by atoms with Crippen LogP contribution in [-0.2, 0) is 14.3 Å². The van der Waals surface area contributed by atoms with Crippen LogP contribution in [0.25, 0.3) is 0 Å². The van der Waals surface area contributed by atoms with Gasteiger partial charge in [-0.2, -0.15) is 0 Å². The zero-order valence-electron chi connectivity index (χ0n) is 7.66. The van der Waals surface area contributed by atoms with Gasteiger partial charge in [-0.1, -0.05) is 0 Å². The lowest BCUT2D eigenvalue weighted by molar-refractivity contribution is -0.154. The van der Waals surface area contributed by atoms with E-state index in [9.17, 15) is 9.59 Å². The van der Waals surface area contributed by atoms with Crippen LogP contribution in [0.3, 0.4) is 0 Å². The van der Waals surface area contributed by atoms with Crippen LogP contribution in [0.4, 0.5) is 0 Å². The highest BCUT2D eigenvalue weighted by Crippen LogP contribution is 2.19. The van der Waals surface area contributed by atoms with Gasteiger partial charge >= 0.3 is 5.97 Å². The van der Waals surface area contributed by atoms with E-state index in [4.69, 9.17) is 9.84 Å². The zero-order valence-corrected chi connectivity index (χ0v) is 7.66. The van der Waals surface area contributed by atoms with E-state index in [0.29, 0.717) is 25.7 Å². The molecule has 0 bridgehead atoms. The van der Waals surface area contributed by atoms with Gasteiger partial charge < -0.3 is 9.84 Å². The fraction of sp³-hybridized carbons (Fsp3) is 0.778. The normalized spacial score (nSPS) is 21.5. The minimum atomic E-state index is -0.947. The Labute approximate surface area is 76.9 Å². The minimum absolute atomic E-state index is 0.0520. The van der Waals surface area contributed by atoms with Gasteiger partial charge in [-0.25, -0.2) is 4.79 Å². The summed E-state index contributed by atoms with van der Waals surface area (Å²) < 4.78 is 5.25. The summed E-state index contributed by atoms with van der Waals surface area (Å²) >= 11 is 0. The Balaban J connectivity index is 2.30. The Morgan fingerprint density at radius 2 is 2.08 bits per heavy atom. The van der Waals surface area contributed by atoms with Crippen LogP contribution in [-0.4, -0.2) is 29.1 Å². The van der Waals surface area contributed by atoms with Crippen molar-refractivity contribution in [3.63, 3.8) is 0 Å². The smallest absolute Gasteiger partial charge is 0.332 e. The zero-order chi connectivity index (χ0) is 9.84. The largest absolute Gasteiger partial charge is 0.479 e. The van der Waals surface area contributed by atoms with Gasteiger partial charge in [0, 0.05) is 12.8 Å². The Morgan fingerprint density at radius 3 is 2.54 bits per heavy atom. The highest BCUT2D eigenvalue weighted by atomic mass is 16.5. The highest BCUT2D eigenvalue weighted by molar-refractivity contribution is 5.79. The number of carbonyl (C=O) groups is 2. The molecule has 0 radical (unpaired) electrons. The molecule has 0 aromatic rings. The molecule has 0 heterocycles. The second-order valence-electron chi connectivity index (χ2n) is 3.35. The van der Waals surface area contributed by atoms with Crippen LogP contribution in [0.5, 0.6) is 0 Å². The lowest BCUT2D eigenvalue weighted by Gasteiger charge is -2.23. The molecule has 1 aliphatic rings. The number of carbonyl (C=O) groups excluding carboxylic acids is 1. The molecule has 0 aromatic heterocycles. The second kappa shape index (κ2) is 4.37. The standard InChI is InChI=1S/C9H14O4/c1-6(9(11)12)13-8-4-2-7(10)3-5-8/h6,8H,2-5H2,1H3,(H,11,12). The number of aliphatic carboxylic acids is 1. The van der Waals surface area contributed by atoms with Crippen molar-refractivity contribution in [3.05, 3.63) is 0 Å². The molecular weight excluding hydrogens is 172 g/mol. The molecule has 1 N–H and O–H groups in total. The third-order valence-electron chi connectivity index (χ3n) is 2.23. The van der Waals surface area contributed by atoms with Crippen molar-refractivity contribution in [3.8, 4) is 0 Å². The number of hydrogen-bond acceptors (Lipinski definition) is 3. The average Bonchev–Trinajstić information content (AvgIpc) is 2.08. The fourth-order valence-electron chi connectivity index (χ4n) is 1.40. The summed E-state index contributed by atoms with van der Waals surface area (Å²) in [6.45, 7) is 1.51. The first-order chi connectivity index (χ1) is 6.09. The van der Waals surface area contributed by atoms with Crippen LogP contribution in [0.1, 0.15) is 32.6 Å². The van der Waals surface area contributed by atoms with Crippen LogP contribution < -0.4 is 0 Å². The molecule has 74 valence electrons. The van der Waals surface area contributed by atoms with Crippen molar-refractivity contribution in [2.24, 2.45) is 0 Å². The predicted octanol–water partition coefficient (Wildman–Crippen LogP) is 0.988. The van der Waals surface area contributed by atoms with Gasteiger partial charge in [-0.3, -0.25) is 4.79 Å². The van der Waals surface area contributed by atoms with Gasteiger partial charge in [0.25, 0.3) is 0 Å². The average molecular weight is 186 g/mol. The van der Waals surface area contributed by atoms with E-state index in [1.165, 1.54) is 6.92 Å². The first kappa shape index (κ1) is 10.2. The van der Waals surface area contributed by atoms with E-state index in [-0.39, 0.29) is 11.9 Å². The Bertz CT molecular complexity index is 202. The quantitative estimate of drug-likeness (QED) is 0.713. The minimum Gasteiger partial charge on any atom is -0.479 e. The molecule has 1 rings (SSSR count). The van der Waals surface area contributed by atoms with Crippen molar-refractivity contribution in [1.29, 1.82) is 0 Å². The van der Waals surface area contributed by atoms with Gasteiger partial charge in [0.05, 0.1) is 6.10 Å². The molecule has 1 fully saturated rings. The van der Waals surface area contributed by atoms with Gasteiger partial charge in [0.15, 0.2) is 6.10 Å². The molecule has 0 spiro atoms. The summed E-state index contributed by atoms with van der Waals surface area (Å²) in [7, 11) is 0. The summed E-state index contributed by atoms with van der Waals surface area (Å²) in [5, 5.41) is 8.57. The number of rotatable bonds is 3. The van der Waals surface area contributed by atoms with E-state index in [0.717, 1.165) is 0 Å². The van der Waals surface area contributed by atoms with Crippen molar-refractivity contribution in [1.82, 2.24) is 0 Å². The first-order valence-electron chi connectivity index (χ1n) is 4.49. The molecule has 1 atom stereocenters. The van der Waals surface area contributed by atoms with Crippen molar-refractivity contribution in [2.45, 2.75) is 44.8 Å². The number of carboxylic acid groups (broad SMARTS) is 1. The van der Waals surface area contributed by atoms with E-state index < -0.39 is 12.1 Å². The van der Waals surface area contributed by atoms with E-state index in [1.807, 2.05) is 0 Å². The number of Topliss-reactive ketones (excluding diaryl/α,β-unsaturated/α-hetero) is 1. The Hall–Kier alpha value is -0.900. The van der Waals surface area contributed by atoms with Crippen molar-refractivity contribution >= 4 is 11.8 Å². The molecule has 0 amide bonds. The molecule has 0 aliphatic heterocycles. The number of ether oxygens (including phenoxy) is 1. The van der Waals surface area contributed by atoms with Crippen molar-refractivity contribution < 1.29 is 19.4 Å². The van der Waals surface area contributed by atoms with Crippen LogP contribution in [0, 0.1) is 0 Å². The molecular formula is C9H14O4. The maximum Gasteiger partial charge on any atom is 0.332 e. The maximum atomic E-state index is 10.9. The third kappa shape index (κ3) is 3.14. The SMILES string of the molecule is CC(OC1CCC(=O)CC1)C(=O)O. The molecule has 1 aliphatic carbocycles. The van der Waals surface area contributed by atoms with Gasteiger partial charge in [0.1, 0.15) is 5.78 Å². The van der Waals surface area contributed by atoms with E-state index >= 15 is 0 Å².